The van der Waals surface area contributed by atoms with Gasteiger partial charge in [-0.2, -0.15) is 0 Å². The molecule has 2 aromatic rings. The summed E-state index contributed by atoms with van der Waals surface area (Å²) in [5.41, 5.74) is 2.33. The summed E-state index contributed by atoms with van der Waals surface area (Å²) in [6.45, 7) is 6.27. The van der Waals surface area contributed by atoms with E-state index in [2.05, 4.69) is 49.2 Å². The van der Waals surface area contributed by atoms with Crippen LogP contribution in [0.1, 0.15) is 25.5 Å². The SMILES string of the molecule is Cc1cccc(N(C)c2n[nH]c(=S)n2C(C)C)c1. The van der Waals surface area contributed by atoms with Crippen molar-refractivity contribution in [3.8, 4) is 0 Å². The highest BCUT2D eigenvalue weighted by molar-refractivity contribution is 7.71. The second-order valence-corrected chi connectivity index (χ2v) is 5.08. The first kappa shape index (κ1) is 12.8. The number of aromatic amines is 1. The molecule has 0 aliphatic rings. The molecule has 0 spiro atoms. The molecule has 0 amide bonds. The third-order valence-electron chi connectivity index (χ3n) is 2.89. The van der Waals surface area contributed by atoms with Crippen molar-refractivity contribution in [1.29, 1.82) is 0 Å². The molecule has 0 saturated heterocycles. The molecule has 0 saturated carbocycles. The zero-order valence-electron chi connectivity index (χ0n) is 11.1. The lowest BCUT2D eigenvalue weighted by Crippen LogP contribution is -2.17. The van der Waals surface area contributed by atoms with Crippen LogP contribution in [0, 0.1) is 11.7 Å². The average Bonchev–Trinajstić information content (AvgIpc) is 2.70. The molecule has 1 aromatic carbocycles. The first-order valence-corrected chi connectivity index (χ1v) is 6.39. The predicted octanol–water partition coefficient (Wildman–Crippen LogP) is 3.60. The van der Waals surface area contributed by atoms with Gasteiger partial charge in [-0.3, -0.25) is 4.57 Å². The number of nitrogens with zero attached hydrogens (tertiary/aromatic N) is 3. The maximum Gasteiger partial charge on any atom is 0.230 e. The van der Waals surface area contributed by atoms with Crippen molar-refractivity contribution in [1.82, 2.24) is 14.8 Å². The van der Waals surface area contributed by atoms with Crippen molar-refractivity contribution in [2.24, 2.45) is 0 Å². The summed E-state index contributed by atoms with van der Waals surface area (Å²) in [5, 5.41) is 7.17. The van der Waals surface area contributed by atoms with Gasteiger partial charge in [0.15, 0.2) is 4.77 Å². The van der Waals surface area contributed by atoms with Crippen LogP contribution in [0.5, 0.6) is 0 Å². The van der Waals surface area contributed by atoms with Gasteiger partial charge in [0, 0.05) is 18.8 Å². The Morgan fingerprint density at radius 2 is 2.11 bits per heavy atom. The monoisotopic (exact) mass is 262 g/mol. The Morgan fingerprint density at radius 1 is 1.39 bits per heavy atom. The first-order chi connectivity index (χ1) is 8.50. The van der Waals surface area contributed by atoms with E-state index in [1.54, 1.807) is 0 Å². The topological polar surface area (TPSA) is 36.9 Å². The van der Waals surface area contributed by atoms with Gasteiger partial charge in [0.25, 0.3) is 0 Å². The van der Waals surface area contributed by atoms with Gasteiger partial charge in [-0.1, -0.05) is 12.1 Å². The Morgan fingerprint density at radius 3 is 2.72 bits per heavy atom. The summed E-state index contributed by atoms with van der Waals surface area (Å²) in [6, 6.07) is 8.59. The van der Waals surface area contributed by atoms with Crippen LogP contribution in [0.25, 0.3) is 0 Å². The smallest absolute Gasteiger partial charge is 0.230 e. The van der Waals surface area contributed by atoms with Gasteiger partial charge in [0.05, 0.1) is 0 Å². The fourth-order valence-electron chi connectivity index (χ4n) is 1.95. The Hall–Kier alpha value is -1.62. The third kappa shape index (κ3) is 2.31. The van der Waals surface area contributed by atoms with Crippen LogP contribution in [-0.2, 0) is 0 Å². The van der Waals surface area contributed by atoms with Gasteiger partial charge in [0.1, 0.15) is 0 Å². The normalized spacial score (nSPS) is 10.9. The number of nitrogens with one attached hydrogen (secondary N) is 1. The van der Waals surface area contributed by atoms with Crippen LogP contribution in [0.2, 0.25) is 0 Å². The van der Waals surface area contributed by atoms with E-state index < -0.39 is 0 Å². The molecule has 18 heavy (non-hydrogen) atoms. The van der Waals surface area contributed by atoms with Gasteiger partial charge < -0.3 is 4.90 Å². The molecule has 0 atom stereocenters. The van der Waals surface area contributed by atoms with E-state index in [0.29, 0.717) is 4.77 Å². The van der Waals surface area contributed by atoms with Gasteiger partial charge in [0.2, 0.25) is 5.95 Å². The molecule has 96 valence electrons. The first-order valence-electron chi connectivity index (χ1n) is 5.98. The highest BCUT2D eigenvalue weighted by atomic mass is 32.1. The highest BCUT2D eigenvalue weighted by Crippen LogP contribution is 2.24. The lowest BCUT2D eigenvalue weighted by atomic mass is 10.2. The Kier molecular flexibility index (Phi) is 3.52. The number of anilines is 2. The summed E-state index contributed by atoms with van der Waals surface area (Å²) in [6.07, 6.45) is 0. The molecule has 1 aromatic heterocycles. The Balaban J connectivity index is 2.46. The van der Waals surface area contributed by atoms with E-state index in [1.165, 1.54) is 5.56 Å². The number of rotatable bonds is 3. The number of aromatic nitrogens is 3. The molecular weight excluding hydrogens is 244 g/mol. The van der Waals surface area contributed by atoms with Crippen molar-refractivity contribution in [2.75, 3.05) is 11.9 Å². The predicted molar refractivity (Wildman–Crippen MR) is 77.0 cm³/mol. The van der Waals surface area contributed by atoms with Gasteiger partial charge in [-0.05, 0) is 50.7 Å². The van der Waals surface area contributed by atoms with Crippen LogP contribution < -0.4 is 4.90 Å². The summed E-state index contributed by atoms with van der Waals surface area (Å²) < 4.78 is 2.66. The van der Waals surface area contributed by atoms with E-state index in [1.807, 2.05) is 22.6 Å². The van der Waals surface area contributed by atoms with E-state index in [9.17, 15) is 0 Å². The van der Waals surface area contributed by atoms with Crippen molar-refractivity contribution >= 4 is 23.9 Å². The van der Waals surface area contributed by atoms with Gasteiger partial charge in [-0.15, -0.1) is 5.10 Å². The summed E-state index contributed by atoms with van der Waals surface area (Å²) >= 11 is 5.26. The molecule has 0 aliphatic carbocycles. The van der Waals surface area contributed by atoms with Crippen molar-refractivity contribution in [3.63, 3.8) is 0 Å². The second-order valence-electron chi connectivity index (χ2n) is 4.69. The van der Waals surface area contributed by atoms with E-state index in [0.717, 1.165) is 11.6 Å². The molecule has 0 radical (unpaired) electrons. The van der Waals surface area contributed by atoms with Crippen molar-refractivity contribution in [2.45, 2.75) is 26.8 Å². The summed E-state index contributed by atoms with van der Waals surface area (Å²) in [7, 11) is 2.00. The molecule has 0 bridgehead atoms. The van der Waals surface area contributed by atoms with E-state index in [4.69, 9.17) is 12.2 Å². The summed E-state index contributed by atoms with van der Waals surface area (Å²) in [5.74, 6) is 0.834. The molecule has 2 rings (SSSR count). The number of benzene rings is 1. The third-order valence-corrected chi connectivity index (χ3v) is 3.18. The van der Waals surface area contributed by atoms with Crippen LogP contribution >= 0.6 is 12.2 Å². The van der Waals surface area contributed by atoms with Crippen LogP contribution in [0.4, 0.5) is 11.6 Å². The van der Waals surface area contributed by atoms with Crippen LogP contribution in [0.15, 0.2) is 24.3 Å². The fourth-order valence-corrected chi connectivity index (χ4v) is 2.29. The van der Waals surface area contributed by atoms with E-state index in [-0.39, 0.29) is 6.04 Å². The van der Waals surface area contributed by atoms with E-state index >= 15 is 0 Å². The minimum absolute atomic E-state index is 0.276. The number of hydrogen-bond donors (Lipinski definition) is 1. The maximum absolute atomic E-state index is 5.26. The highest BCUT2D eigenvalue weighted by Gasteiger charge is 2.14. The maximum atomic E-state index is 5.26. The quantitative estimate of drug-likeness (QED) is 0.859. The zero-order chi connectivity index (χ0) is 13.3. The number of H-pyrrole nitrogens is 1. The molecule has 1 heterocycles. The van der Waals surface area contributed by atoms with Crippen LogP contribution in [0.3, 0.4) is 0 Å². The molecule has 1 N–H and O–H groups in total. The molecule has 0 fully saturated rings. The Bertz CT molecular complexity index is 597. The fraction of sp³-hybridized carbons (Fsp3) is 0.385. The molecule has 0 aliphatic heterocycles. The van der Waals surface area contributed by atoms with Gasteiger partial charge in [-0.25, -0.2) is 5.10 Å². The largest absolute Gasteiger partial charge is 0.314 e. The molecule has 4 nitrogen and oxygen atoms in total. The Labute approximate surface area is 112 Å². The van der Waals surface area contributed by atoms with Crippen molar-refractivity contribution < 1.29 is 0 Å². The van der Waals surface area contributed by atoms with Gasteiger partial charge >= 0.3 is 0 Å². The minimum Gasteiger partial charge on any atom is -0.314 e. The molecular formula is C13H18N4S. The number of aryl methyl sites for hydroxylation is 1. The molecule has 5 heteroatoms. The second kappa shape index (κ2) is 4.94. The zero-order valence-corrected chi connectivity index (χ0v) is 12.0. The molecule has 0 unspecified atom stereocenters. The summed E-state index contributed by atoms with van der Waals surface area (Å²) in [4.78, 5) is 2.04. The minimum atomic E-state index is 0.276. The average molecular weight is 262 g/mol. The van der Waals surface area contributed by atoms with Crippen LogP contribution in [-0.4, -0.2) is 21.8 Å². The lowest BCUT2D eigenvalue weighted by molar-refractivity contribution is 0.591. The number of hydrogen-bond acceptors (Lipinski definition) is 3. The lowest BCUT2D eigenvalue weighted by Gasteiger charge is -2.21. The standard InChI is InChI=1S/C13H18N4S/c1-9(2)17-12(14-15-13(17)18)16(4)11-7-5-6-10(3)8-11/h5-9H,1-4H3,(H,15,18). The van der Waals surface area contributed by atoms with Crippen molar-refractivity contribution in [3.05, 3.63) is 34.6 Å².